The van der Waals surface area contributed by atoms with Crippen LogP contribution in [0.25, 0.3) is 22.3 Å². The Bertz CT molecular complexity index is 1290. The van der Waals surface area contributed by atoms with Crippen LogP contribution in [-0.4, -0.2) is 48.6 Å². The first kappa shape index (κ1) is 29.5. The van der Waals surface area contributed by atoms with Gasteiger partial charge in [0.05, 0.1) is 36.3 Å². The smallest absolute Gasteiger partial charge is 0.236 e. The first-order valence-electron chi connectivity index (χ1n) is 12.6. The number of carbonyl (C=O) groups excluding carboxylic acids is 1. The lowest BCUT2D eigenvalue weighted by atomic mass is 10.1. The molecule has 0 aliphatic heterocycles. The summed E-state index contributed by atoms with van der Waals surface area (Å²) in [6.07, 6.45) is 7.66. The molecule has 0 saturated carbocycles. The van der Waals surface area contributed by atoms with Crippen LogP contribution >= 0.6 is 0 Å². The molecule has 204 valence electrons. The van der Waals surface area contributed by atoms with Crippen LogP contribution in [0, 0.1) is 0 Å². The molecule has 0 fully saturated rings. The first-order chi connectivity index (χ1) is 18.8. The van der Waals surface area contributed by atoms with Crippen LogP contribution in [0.4, 0.5) is 0 Å². The molecule has 39 heavy (non-hydrogen) atoms. The first-order valence-corrected chi connectivity index (χ1v) is 12.6. The number of nitrogens with zero attached hydrogens (tertiary/aromatic N) is 4. The van der Waals surface area contributed by atoms with E-state index >= 15 is 0 Å². The molecular weight excluding hydrogens is 494 g/mol. The van der Waals surface area contributed by atoms with Crippen LogP contribution < -0.4 is 16.8 Å². The van der Waals surface area contributed by atoms with Crippen molar-refractivity contribution >= 4 is 5.91 Å². The maximum Gasteiger partial charge on any atom is 0.236 e. The molecule has 1 amide bonds. The second kappa shape index (κ2) is 14.7. The fourth-order valence-corrected chi connectivity index (χ4v) is 3.44. The molecule has 0 unspecified atom stereocenters. The summed E-state index contributed by atoms with van der Waals surface area (Å²) in [4.78, 5) is 28.3. The zero-order chi connectivity index (χ0) is 28.2. The van der Waals surface area contributed by atoms with Crippen molar-refractivity contribution in [3.63, 3.8) is 0 Å². The molecular formula is C29H35N7O3. The van der Waals surface area contributed by atoms with E-state index in [0.717, 1.165) is 33.6 Å². The van der Waals surface area contributed by atoms with Gasteiger partial charge in [0.1, 0.15) is 0 Å². The van der Waals surface area contributed by atoms with Crippen LogP contribution in [0.5, 0.6) is 0 Å². The van der Waals surface area contributed by atoms with E-state index in [-0.39, 0.29) is 25.2 Å². The molecule has 10 nitrogen and oxygen atoms in total. The van der Waals surface area contributed by atoms with Gasteiger partial charge in [-0.2, -0.15) is 0 Å². The lowest BCUT2D eigenvalue weighted by molar-refractivity contribution is -0.121. The molecule has 0 spiro atoms. The maximum atomic E-state index is 11.3. The van der Waals surface area contributed by atoms with Gasteiger partial charge in [0, 0.05) is 71.7 Å². The third-order valence-electron chi connectivity index (χ3n) is 5.81. The number of carbonyl (C=O) groups is 1. The number of nitrogens with one attached hydrogen (secondary N) is 1. The Hall–Kier alpha value is -4.09. The minimum Gasteiger partial charge on any atom is -0.390 e. The van der Waals surface area contributed by atoms with E-state index in [1.54, 1.807) is 43.8 Å². The Morgan fingerprint density at radius 1 is 0.718 bits per heavy atom. The monoisotopic (exact) mass is 529 g/mol. The molecule has 0 saturated heterocycles. The molecule has 0 aliphatic carbocycles. The van der Waals surface area contributed by atoms with Crippen molar-refractivity contribution in [3.05, 3.63) is 96.1 Å². The summed E-state index contributed by atoms with van der Waals surface area (Å²) in [5.74, 6) is -0.160. The Labute approximate surface area is 228 Å². The fraction of sp³-hybridized carbons (Fsp3) is 0.276. The van der Waals surface area contributed by atoms with E-state index in [9.17, 15) is 4.79 Å². The minimum absolute atomic E-state index is 0.0395. The summed E-state index contributed by atoms with van der Waals surface area (Å²) in [5.41, 5.74) is 18.1. The van der Waals surface area contributed by atoms with Crippen LogP contribution in [0.3, 0.4) is 0 Å². The fourth-order valence-electron chi connectivity index (χ4n) is 3.44. The largest absolute Gasteiger partial charge is 0.390 e. The lowest BCUT2D eigenvalue weighted by Crippen LogP contribution is -2.39. The average Bonchev–Trinajstić information content (AvgIpc) is 2.98. The van der Waals surface area contributed by atoms with E-state index in [2.05, 4.69) is 25.3 Å². The standard InChI is InChI=1S/C16H20N4O2.C13H15N3O/c1-11(17)16(22)18-7-6-14-4-2-12(8-19-14)13-3-5-15(10-21)20-9-13;1-9(14)13-5-3-11(7-16-13)10-2-4-12(8-17)15-6-10/h2-5,8-9,11,21H,6-7,10,17H2,1H3,(H,18,22);2-7,9,17H,8,14H2,1H3/t11-;9-/m01/s1. The highest BCUT2D eigenvalue weighted by atomic mass is 16.3. The van der Waals surface area contributed by atoms with Crippen LogP contribution in [-0.2, 0) is 24.4 Å². The van der Waals surface area contributed by atoms with E-state index in [4.69, 9.17) is 21.7 Å². The van der Waals surface area contributed by atoms with E-state index in [1.807, 2.05) is 43.3 Å². The normalized spacial score (nSPS) is 12.2. The second-order valence-corrected chi connectivity index (χ2v) is 9.02. The van der Waals surface area contributed by atoms with E-state index in [0.29, 0.717) is 24.4 Å². The van der Waals surface area contributed by atoms with Gasteiger partial charge in [-0.1, -0.05) is 24.3 Å². The quantitative estimate of drug-likeness (QED) is 0.218. The number of aliphatic hydroxyl groups excluding tert-OH is 2. The zero-order valence-corrected chi connectivity index (χ0v) is 22.2. The molecule has 0 aromatic carbocycles. The van der Waals surface area contributed by atoms with Gasteiger partial charge < -0.3 is 27.0 Å². The summed E-state index contributed by atoms with van der Waals surface area (Å²) in [5, 5.41) is 20.6. The molecule has 7 N–H and O–H groups in total. The molecule has 4 aromatic rings. The lowest BCUT2D eigenvalue weighted by Gasteiger charge is -2.08. The molecule has 4 heterocycles. The van der Waals surface area contributed by atoms with Gasteiger partial charge in [-0.05, 0) is 38.1 Å². The van der Waals surface area contributed by atoms with Gasteiger partial charge in [0.25, 0.3) is 0 Å². The minimum atomic E-state index is -0.496. The topological polar surface area (TPSA) is 173 Å². The van der Waals surface area contributed by atoms with Crippen molar-refractivity contribution in [2.24, 2.45) is 11.5 Å². The summed E-state index contributed by atoms with van der Waals surface area (Å²) in [6, 6.07) is 14.6. The number of pyridine rings is 4. The molecule has 4 rings (SSSR count). The Kier molecular flexibility index (Phi) is 11.1. The number of nitrogens with two attached hydrogens (primary N) is 2. The summed E-state index contributed by atoms with van der Waals surface area (Å²) in [7, 11) is 0. The van der Waals surface area contributed by atoms with Crippen molar-refractivity contribution in [2.45, 2.75) is 45.6 Å². The van der Waals surface area contributed by atoms with E-state index in [1.165, 1.54) is 0 Å². The van der Waals surface area contributed by atoms with Gasteiger partial charge in [-0.3, -0.25) is 24.7 Å². The Morgan fingerprint density at radius 2 is 1.15 bits per heavy atom. The number of aromatic nitrogens is 4. The van der Waals surface area contributed by atoms with Crippen molar-refractivity contribution < 1.29 is 15.0 Å². The number of hydrogen-bond donors (Lipinski definition) is 5. The Morgan fingerprint density at radius 3 is 1.49 bits per heavy atom. The highest BCUT2D eigenvalue weighted by molar-refractivity contribution is 5.80. The van der Waals surface area contributed by atoms with Gasteiger partial charge in [0.2, 0.25) is 5.91 Å². The van der Waals surface area contributed by atoms with Crippen molar-refractivity contribution in [2.75, 3.05) is 6.54 Å². The highest BCUT2D eigenvalue weighted by Crippen LogP contribution is 2.19. The van der Waals surface area contributed by atoms with Crippen LogP contribution in [0.1, 0.15) is 42.7 Å². The third-order valence-corrected chi connectivity index (χ3v) is 5.81. The predicted molar refractivity (Wildman–Crippen MR) is 150 cm³/mol. The average molecular weight is 530 g/mol. The SMILES string of the molecule is C[C@@H](N)c1ccc(-c2ccc(CO)nc2)cn1.C[C@H](N)C(=O)NCCc1ccc(-c2ccc(CO)nc2)cn1. The van der Waals surface area contributed by atoms with Crippen molar-refractivity contribution in [1.82, 2.24) is 25.3 Å². The number of rotatable bonds is 9. The summed E-state index contributed by atoms with van der Waals surface area (Å²) >= 11 is 0. The highest BCUT2D eigenvalue weighted by Gasteiger charge is 2.07. The molecule has 0 radical (unpaired) electrons. The van der Waals surface area contributed by atoms with Crippen LogP contribution in [0.15, 0.2) is 73.3 Å². The van der Waals surface area contributed by atoms with Gasteiger partial charge in [-0.15, -0.1) is 0 Å². The number of amides is 1. The van der Waals surface area contributed by atoms with Crippen LogP contribution in [0.2, 0.25) is 0 Å². The number of hydrogen-bond acceptors (Lipinski definition) is 9. The summed E-state index contributed by atoms with van der Waals surface area (Å²) in [6.45, 7) is 3.96. The second-order valence-electron chi connectivity index (χ2n) is 9.02. The number of aliphatic hydroxyl groups is 2. The molecule has 0 aliphatic rings. The van der Waals surface area contributed by atoms with Crippen molar-refractivity contribution in [1.29, 1.82) is 0 Å². The van der Waals surface area contributed by atoms with E-state index < -0.39 is 6.04 Å². The zero-order valence-electron chi connectivity index (χ0n) is 22.2. The van der Waals surface area contributed by atoms with Gasteiger partial charge >= 0.3 is 0 Å². The van der Waals surface area contributed by atoms with Gasteiger partial charge in [0.15, 0.2) is 0 Å². The predicted octanol–water partition coefficient (Wildman–Crippen LogP) is 2.30. The summed E-state index contributed by atoms with van der Waals surface area (Å²) < 4.78 is 0. The third kappa shape index (κ3) is 9.01. The molecule has 0 bridgehead atoms. The molecule has 4 aromatic heterocycles. The Balaban J connectivity index is 0.000000223. The van der Waals surface area contributed by atoms with Gasteiger partial charge in [-0.25, -0.2) is 0 Å². The maximum absolute atomic E-state index is 11.3. The van der Waals surface area contributed by atoms with Crippen molar-refractivity contribution in [3.8, 4) is 22.3 Å². The molecule has 2 atom stereocenters. The molecule has 10 heteroatoms.